The third kappa shape index (κ3) is 5.73. The van der Waals surface area contributed by atoms with Gasteiger partial charge in [0.15, 0.2) is 0 Å². The maximum atomic E-state index is 11.2. The molecule has 0 aromatic carbocycles. The Balaban J connectivity index is 3.94. The quantitative estimate of drug-likeness (QED) is 0.618. The van der Waals surface area contributed by atoms with E-state index in [1.54, 1.807) is 0 Å². The number of ketones is 1. The number of ether oxygens (including phenoxy) is 1. The Morgan fingerprint density at radius 2 is 1.86 bits per heavy atom. The smallest absolute Gasteiger partial charge is 0.305 e. The van der Waals surface area contributed by atoms with Crippen LogP contribution in [0, 0.1) is 5.41 Å². The van der Waals surface area contributed by atoms with Crippen molar-refractivity contribution >= 4 is 11.8 Å². The molecule has 0 bridgehead atoms. The van der Waals surface area contributed by atoms with E-state index >= 15 is 0 Å². The van der Waals surface area contributed by atoms with Crippen molar-refractivity contribution in [1.29, 1.82) is 0 Å². The first-order chi connectivity index (χ1) is 6.41. The van der Waals surface area contributed by atoms with Gasteiger partial charge >= 0.3 is 5.97 Å². The molecule has 3 nitrogen and oxygen atoms in total. The Morgan fingerprint density at radius 3 is 2.29 bits per heavy atom. The molecule has 14 heavy (non-hydrogen) atoms. The fourth-order valence-corrected chi connectivity index (χ4v) is 1.29. The van der Waals surface area contributed by atoms with E-state index in [2.05, 4.69) is 4.74 Å². The van der Waals surface area contributed by atoms with Crippen LogP contribution < -0.4 is 0 Å². The molecule has 0 saturated carbocycles. The lowest BCUT2D eigenvalue weighted by molar-refractivity contribution is -0.141. The van der Waals surface area contributed by atoms with E-state index in [0.717, 1.165) is 0 Å². The van der Waals surface area contributed by atoms with Gasteiger partial charge in [-0.3, -0.25) is 9.59 Å². The number of esters is 1. The fourth-order valence-electron chi connectivity index (χ4n) is 1.29. The zero-order chi connectivity index (χ0) is 11.2. The summed E-state index contributed by atoms with van der Waals surface area (Å²) in [5.41, 5.74) is -0.0959. The monoisotopic (exact) mass is 200 g/mol. The summed E-state index contributed by atoms with van der Waals surface area (Å²) in [6, 6.07) is 0. The van der Waals surface area contributed by atoms with Crippen molar-refractivity contribution < 1.29 is 14.3 Å². The van der Waals surface area contributed by atoms with Crippen molar-refractivity contribution in [2.45, 2.75) is 46.5 Å². The number of Topliss-reactive ketones (excluding diaryl/α,β-unsaturated/α-hetero) is 1. The minimum atomic E-state index is -0.206. The second-order valence-electron chi connectivity index (χ2n) is 4.31. The first kappa shape index (κ1) is 13.1. The van der Waals surface area contributed by atoms with E-state index in [4.69, 9.17) is 0 Å². The minimum Gasteiger partial charge on any atom is -0.469 e. The second-order valence-corrected chi connectivity index (χ2v) is 4.31. The lowest BCUT2D eigenvalue weighted by atomic mass is 9.82. The third-order valence-corrected chi connectivity index (χ3v) is 2.30. The van der Waals surface area contributed by atoms with Crippen LogP contribution >= 0.6 is 0 Å². The van der Waals surface area contributed by atoms with Gasteiger partial charge in [0.05, 0.1) is 7.11 Å². The van der Waals surface area contributed by atoms with Crippen molar-refractivity contribution in [3.8, 4) is 0 Å². The van der Waals surface area contributed by atoms with Gasteiger partial charge in [0.2, 0.25) is 0 Å². The molecule has 0 aliphatic heterocycles. The van der Waals surface area contributed by atoms with Crippen molar-refractivity contribution in [3.63, 3.8) is 0 Å². The highest BCUT2D eigenvalue weighted by atomic mass is 16.5. The molecule has 0 fully saturated rings. The van der Waals surface area contributed by atoms with Gasteiger partial charge in [-0.1, -0.05) is 20.8 Å². The Bertz CT molecular complexity index is 207. The van der Waals surface area contributed by atoms with E-state index < -0.39 is 0 Å². The van der Waals surface area contributed by atoms with Gasteiger partial charge in [0.25, 0.3) is 0 Å². The highest BCUT2D eigenvalue weighted by Gasteiger charge is 2.22. The van der Waals surface area contributed by atoms with Crippen molar-refractivity contribution in [3.05, 3.63) is 0 Å². The highest BCUT2D eigenvalue weighted by molar-refractivity contribution is 5.78. The first-order valence-electron chi connectivity index (χ1n) is 5.00. The molecule has 0 atom stereocenters. The summed E-state index contributed by atoms with van der Waals surface area (Å²) in [6.45, 7) is 5.87. The normalized spacial score (nSPS) is 11.1. The molecule has 0 rings (SSSR count). The van der Waals surface area contributed by atoms with E-state index in [9.17, 15) is 9.59 Å². The van der Waals surface area contributed by atoms with Crippen LogP contribution in [0.1, 0.15) is 46.5 Å². The summed E-state index contributed by atoms with van der Waals surface area (Å²) in [7, 11) is 1.38. The van der Waals surface area contributed by atoms with Crippen LogP contribution in [0.15, 0.2) is 0 Å². The van der Waals surface area contributed by atoms with Crippen molar-refractivity contribution in [2.24, 2.45) is 5.41 Å². The van der Waals surface area contributed by atoms with Crippen molar-refractivity contribution in [1.82, 2.24) is 0 Å². The molecule has 0 spiro atoms. The topological polar surface area (TPSA) is 43.4 Å². The Kier molecular flexibility index (Phi) is 5.43. The lowest BCUT2D eigenvalue weighted by Crippen LogP contribution is -2.18. The van der Waals surface area contributed by atoms with Gasteiger partial charge < -0.3 is 4.74 Å². The molecule has 0 unspecified atom stereocenters. The number of carbonyl (C=O) groups is 2. The number of methoxy groups -OCH3 is 1. The SMILES string of the molecule is CCC(=O)CC(C)(C)CCC(=O)OC. The van der Waals surface area contributed by atoms with Gasteiger partial charge in [-0.15, -0.1) is 0 Å². The molecule has 0 aromatic rings. The number of hydrogen-bond acceptors (Lipinski definition) is 3. The molecule has 0 aliphatic carbocycles. The van der Waals surface area contributed by atoms with E-state index in [-0.39, 0.29) is 17.2 Å². The molecule has 0 saturated heterocycles. The van der Waals surface area contributed by atoms with Gasteiger partial charge in [-0.25, -0.2) is 0 Å². The molecule has 0 N–H and O–H groups in total. The summed E-state index contributed by atoms with van der Waals surface area (Å²) in [5.74, 6) is 0.0434. The van der Waals surface area contributed by atoms with Crippen LogP contribution in [0.4, 0.5) is 0 Å². The maximum Gasteiger partial charge on any atom is 0.305 e. The summed E-state index contributed by atoms with van der Waals surface area (Å²) in [4.78, 5) is 22.1. The van der Waals surface area contributed by atoms with E-state index in [1.165, 1.54) is 7.11 Å². The van der Waals surface area contributed by atoms with Crippen LogP contribution in [0.25, 0.3) is 0 Å². The first-order valence-corrected chi connectivity index (χ1v) is 5.00. The summed E-state index contributed by atoms with van der Waals surface area (Å²) in [6.07, 6.45) is 2.20. The summed E-state index contributed by atoms with van der Waals surface area (Å²) < 4.78 is 4.55. The van der Waals surface area contributed by atoms with Gasteiger partial charge in [0, 0.05) is 19.3 Å². The van der Waals surface area contributed by atoms with E-state index in [1.807, 2.05) is 20.8 Å². The Labute approximate surface area is 85.8 Å². The van der Waals surface area contributed by atoms with Crippen LogP contribution in [0.2, 0.25) is 0 Å². The molecular formula is C11H20O3. The lowest BCUT2D eigenvalue weighted by Gasteiger charge is -2.22. The molecule has 0 amide bonds. The minimum absolute atomic E-state index is 0.0959. The summed E-state index contributed by atoms with van der Waals surface area (Å²) in [5, 5.41) is 0. The van der Waals surface area contributed by atoms with Crippen LogP contribution in [-0.4, -0.2) is 18.9 Å². The predicted octanol–water partition coefficient (Wildman–Crippen LogP) is 2.33. The van der Waals surface area contributed by atoms with E-state index in [0.29, 0.717) is 25.7 Å². The molecule has 3 heteroatoms. The van der Waals surface area contributed by atoms with Crippen LogP contribution in [-0.2, 0) is 14.3 Å². The molecular weight excluding hydrogens is 180 g/mol. The highest BCUT2D eigenvalue weighted by Crippen LogP contribution is 2.27. The molecule has 82 valence electrons. The molecule has 0 heterocycles. The Hall–Kier alpha value is -0.860. The number of hydrogen-bond donors (Lipinski definition) is 0. The maximum absolute atomic E-state index is 11.2. The van der Waals surface area contributed by atoms with Gasteiger partial charge in [-0.05, 0) is 11.8 Å². The number of carbonyl (C=O) groups excluding carboxylic acids is 2. The standard InChI is InChI=1S/C11H20O3/c1-5-9(12)8-11(2,3)7-6-10(13)14-4/h5-8H2,1-4H3. The predicted molar refractivity (Wildman–Crippen MR) is 54.9 cm³/mol. The average Bonchev–Trinajstić information content (AvgIpc) is 2.13. The Morgan fingerprint density at radius 1 is 1.29 bits per heavy atom. The van der Waals surface area contributed by atoms with Crippen molar-refractivity contribution in [2.75, 3.05) is 7.11 Å². The van der Waals surface area contributed by atoms with Crippen LogP contribution in [0.3, 0.4) is 0 Å². The molecule has 0 aromatic heterocycles. The zero-order valence-electron chi connectivity index (χ0n) is 9.55. The van der Waals surface area contributed by atoms with Crippen LogP contribution in [0.5, 0.6) is 0 Å². The third-order valence-electron chi connectivity index (χ3n) is 2.30. The largest absolute Gasteiger partial charge is 0.469 e. The van der Waals surface area contributed by atoms with Gasteiger partial charge in [-0.2, -0.15) is 0 Å². The van der Waals surface area contributed by atoms with Gasteiger partial charge in [0.1, 0.15) is 5.78 Å². The molecule has 0 radical (unpaired) electrons. The zero-order valence-corrected chi connectivity index (χ0v) is 9.55. The second kappa shape index (κ2) is 5.78. The fraction of sp³-hybridized carbons (Fsp3) is 0.818. The number of rotatable bonds is 6. The summed E-state index contributed by atoms with van der Waals surface area (Å²) >= 11 is 0. The average molecular weight is 200 g/mol. The molecule has 0 aliphatic rings.